The first kappa shape index (κ1) is 10.8. The van der Waals surface area contributed by atoms with Gasteiger partial charge >= 0.3 is 0 Å². The molecule has 82 valence electrons. The highest BCUT2D eigenvalue weighted by Crippen LogP contribution is 2.25. The molecule has 2 heteroatoms. The van der Waals surface area contributed by atoms with Gasteiger partial charge in [-0.05, 0) is 25.7 Å². The van der Waals surface area contributed by atoms with E-state index in [0.29, 0.717) is 11.4 Å². The Morgan fingerprint density at radius 2 is 1.43 bits per heavy atom. The van der Waals surface area contributed by atoms with E-state index in [2.05, 4.69) is 5.32 Å². The van der Waals surface area contributed by atoms with Crippen molar-refractivity contribution in [2.45, 2.75) is 75.2 Å². The molecule has 2 rings (SSSR count). The van der Waals surface area contributed by atoms with Crippen molar-refractivity contribution in [3.05, 3.63) is 0 Å². The maximum Gasteiger partial charge on any atom is 0.0489 e. The fourth-order valence-corrected chi connectivity index (χ4v) is 3.20. The minimum atomic E-state index is 0.394. The summed E-state index contributed by atoms with van der Waals surface area (Å²) < 4.78 is 0. The average Bonchev–Trinajstić information content (AvgIpc) is 2.23. The Kier molecular flexibility index (Phi) is 4.12. The van der Waals surface area contributed by atoms with Crippen molar-refractivity contribution < 1.29 is 0 Å². The van der Waals surface area contributed by atoms with Gasteiger partial charge in [0.2, 0.25) is 0 Å². The summed E-state index contributed by atoms with van der Waals surface area (Å²) in [5.41, 5.74) is 0. The zero-order valence-corrected chi connectivity index (χ0v) is 9.73. The maximum atomic E-state index is 6.34. The summed E-state index contributed by atoms with van der Waals surface area (Å²) in [6, 6.07) is 1.38. The van der Waals surface area contributed by atoms with Crippen LogP contribution in [0, 0.1) is 0 Å². The monoisotopic (exact) mass is 215 g/mol. The smallest absolute Gasteiger partial charge is 0.0489 e. The second-order valence-electron chi connectivity index (χ2n) is 4.91. The number of nitrogens with one attached hydrogen (secondary N) is 1. The zero-order chi connectivity index (χ0) is 9.80. The van der Waals surface area contributed by atoms with E-state index in [1.54, 1.807) is 0 Å². The minimum Gasteiger partial charge on any atom is -0.310 e. The molecule has 0 bridgehead atoms. The van der Waals surface area contributed by atoms with Crippen LogP contribution in [0.2, 0.25) is 0 Å². The van der Waals surface area contributed by atoms with Crippen molar-refractivity contribution >= 4 is 11.6 Å². The third-order valence-corrected chi connectivity index (χ3v) is 4.26. The summed E-state index contributed by atoms with van der Waals surface area (Å²) in [4.78, 5) is 0. The molecule has 0 saturated heterocycles. The van der Waals surface area contributed by atoms with Gasteiger partial charge in [0.05, 0.1) is 0 Å². The van der Waals surface area contributed by atoms with E-state index < -0.39 is 0 Å². The lowest BCUT2D eigenvalue weighted by Crippen LogP contribution is -2.45. The van der Waals surface area contributed by atoms with Crippen LogP contribution < -0.4 is 5.32 Å². The summed E-state index contributed by atoms with van der Waals surface area (Å²) in [5.74, 6) is 0. The molecule has 2 unspecified atom stereocenters. The van der Waals surface area contributed by atoms with Crippen molar-refractivity contribution in [1.82, 2.24) is 5.32 Å². The van der Waals surface area contributed by atoms with Gasteiger partial charge in [-0.3, -0.25) is 0 Å². The summed E-state index contributed by atoms with van der Waals surface area (Å²) in [6.45, 7) is 0. The van der Waals surface area contributed by atoms with Gasteiger partial charge in [-0.1, -0.05) is 32.1 Å². The molecule has 0 heterocycles. The lowest BCUT2D eigenvalue weighted by molar-refractivity contribution is 0.294. The molecule has 2 fully saturated rings. The maximum absolute atomic E-state index is 6.34. The van der Waals surface area contributed by atoms with Crippen LogP contribution in [0.4, 0.5) is 0 Å². The van der Waals surface area contributed by atoms with Crippen molar-refractivity contribution in [2.75, 3.05) is 0 Å². The minimum absolute atomic E-state index is 0.394. The molecule has 2 aliphatic rings. The fourth-order valence-electron chi connectivity index (χ4n) is 2.85. The molecule has 2 aliphatic carbocycles. The summed E-state index contributed by atoms with van der Waals surface area (Å²) in [5, 5.41) is 4.17. The van der Waals surface area contributed by atoms with Crippen molar-refractivity contribution in [3.8, 4) is 0 Å². The molecule has 0 amide bonds. The first-order valence-electron chi connectivity index (χ1n) is 6.26. The van der Waals surface area contributed by atoms with E-state index in [9.17, 15) is 0 Å². The van der Waals surface area contributed by atoms with Gasteiger partial charge in [0.15, 0.2) is 0 Å². The Balaban J connectivity index is 1.76. The normalized spacial score (nSPS) is 35.8. The van der Waals surface area contributed by atoms with E-state index in [1.165, 1.54) is 57.8 Å². The predicted molar refractivity (Wildman–Crippen MR) is 61.9 cm³/mol. The first-order chi connectivity index (χ1) is 6.86. The SMILES string of the molecule is ClC1CCCCC1NC1CCCCC1. The molecule has 14 heavy (non-hydrogen) atoms. The highest BCUT2D eigenvalue weighted by atomic mass is 35.5. The fraction of sp³-hybridized carbons (Fsp3) is 1.00. The molecule has 2 saturated carbocycles. The van der Waals surface area contributed by atoms with Crippen LogP contribution >= 0.6 is 11.6 Å². The van der Waals surface area contributed by atoms with Crippen LogP contribution in [0.15, 0.2) is 0 Å². The second kappa shape index (κ2) is 5.37. The van der Waals surface area contributed by atoms with Gasteiger partial charge in [0, 0.05) is 17.5 Å². The second-order valence-corrected chi connectivity index (χ2v) is 5.47. The third kappa shape index (κ3) is 2.87. The predicted octanol–water partition coefficient (Wildman–Crippen LogP) is 3.46. The van der Waals surface area contributed by atoms with Gasteiger partial charge in [0.1, 0.15) is 0 Å². The van der Waals surface area contributed by atoms with Crippen molar-refractivity contribution in [3.63, 3.8) is 0 Å². The van der Waals surface area contributed by atoms with Gasteiger partial charge in [0.25, 0.3) is 0 Å². The molecular formula is C12H22ClN. The molecule has 1 N–H and O–H groups in total. The van der Waals surface area contributed by atoms with Crippen LogP contribution in [-0.4, -0.2) is 17.5 Å². The highest BCUT2D eigenvalue weighted by molar-refractivity contribution is 6.21. The largest absolute Gasteiger partial charge is 0.310 e. The van der Waals surface area contributed by atoms with Gasteiger partial charge in [-0.25, -0.2) is 0 Å². The van der Waals surface area contributed by atoms with Crippen LogP contribution in [-0.2, 0) is 0 Å². The molecule has 0 aromatic rings. The summed E-state index contributed by atoms with van der Waals surface area (Å²) in [6.07, 6.45) is 12.2. The van der Waals surface area contributed by atoms with Gasteiger partial charge in [-0.15, -0.1) is 11.6 Å². The zero-order valence-electron chi connectivity index (χ0n) is 8.97. The van der Waals surface area contributed by atoms with E-state index in [-0.39, 0.29) is 0 Å². The van der Waals surface area contributed by atoms with E-state index in [4.69, 9.17) is 11.6 Å². The Morgan fingerprint density at radius 1 is 0.786 bits per heavy atom. The Bertz CT molecular complexity index is 166. The summed E-state index contributed by atoms with van der Waals surface area (Å²) >= 11 is 6.34. The van der Waals surface area contributed by atoms with Crippen LogP contribution in [0.1, 0.15) is 57.8 Å². The molecule has 0 radical (unpaired) electrons. The Morgan fingerprint density at radius 3 is 2.14 bits per heavy atom. The molecule has 0 aromatic carbocycles. The number of halogens is 1. The number of hydrogen-bond donors (Lipinski definition) is 1. The third-order valence-electron chi connectivity index (χ3n) is 3.74. The topological polar surface area (TPSA) is 12.0 Å². The van der Waals surface area contributed by atoms with Crippen LogP contribution in [0.25, 0.3) is 0 Å². The molecule has 0 spiro atoms. The molecule has 1 nitrogen and oxygen atoms in total. The number of hydrogen-bond acceptors (Lipinski definition) is 1. The van der Waals surface area contributed by atoms with E-state index in [0.717, 1.165) is 6.04 Å². The molecular weight excluding hydrogens is 194 g/mol. The lowest BCUT2D eigenvalue weighted by atomic mass is 9.90. The lowest BCUT2D eigenvalue weighted by Gasteiger charge is -2.33. The van der Waals surface area contributed by atoms with Crippen LogP contribution in [0.3, 0.4) is 0 Å². The number of rotatable bonds is 2. The van der Waals surface area contributed by atoms with Gasteiger partial charge in [-0.2, -0.15) is 0 Å². The Labute approximate surface area is 92.6 Å². The van der Waals surface area contributed by atoms with E-state index >= 15 is 0 Å². The first-order valence-corrected chi connectivity index (χ1v) is 6.70. The number of alkyl halides is 1. The average molecular weight is 216 g/mol. The van der Waals surface area contributed by atoms with E-state index in [1.807, 2.05) is 0 Å². The van der Waals surface area contributed by atoms with Gasteiger partial charge < -0.3 is 5.32 Å². The molecule has 0 aliphatic heterocycles. The quantitative estimate of drug-likeness (QED) is 0.696. The highest BCUT2D eigenvalue weighted by Gasteiger charge is 2.25. The standard InChI is InChI=1S/C12H22ClN/c13-11-8-4-5-9-12(11)14-10-6-2-1-3-7-10/h10-12,14H,1-9H2. The molecule has 0 aromatic heterocycles. The van der Waals surface area contributed by atoms with Crippen molar-refractivity contribution in [2.24, 2.45) is 0 Å². The summed E-state index contributed by atoms with van der Waals surface area (Å²) in [7, 11) is 0. The van der Waals surface area contributed by atoms with Crippen LogP contribution in [0.5, 0.6) is 0 Å². The molecule has 2 atom stereocenters. The van der Waals surface area contributed by atoms with Crippen molar-refractivity contribution in [1.29, 1.82) is 0 Å². The Hall–Kier alpha value is 0.250.